The smallest absolute Gasteiger partial charge is 0.337 e. The van der Waals surface area contributed by atoms with Gasteiger partial charge in [0.15, 0.2) is 0 Å². The van der Waals surface area contributed by atoms with Crippen molar-refractivity contribution >= 4 is 11.9 Å². The normalized spacial score (nSPS) is 23.1. The summed E-state index contributed by atoms with van der Waals surface area (Å²) in [7, 11) is 1.39. The van der Waals surface area contributed by atoms with Crippen LogP contribution in [0.15, 0.2) is 24.3 Å². The Kier molecular flexibility index (Phi) is 8.87. The lowest BCUT2D eigenvalue weighted by atomic mass is 10.0. The largest absolute Gasteiger partial charge is 0.465 e. The molecule has 2 heterocycles. The molecule has 0 aliphatic carbocycles. The molecule has 0 spiro atoms. The van der Waals surface area contributed by atoms with E-state index in [2.05, 4.69) is 27.4 Å². The second kappa shape index (κ2) is 11.6. The van der Waals surface area contributed by atoms with Crippen LogP contribution < -0.4 is 10.6 Å². The lowest BCUT2D eigenvalue weighted by molar-refractivity contribution is -0.126. The number of carbonyl (C=O) groups is 2. The second-order valence-corrected chi connectivity index (χ2v) is 8.68. The predicted molar refractivity (Wildman–Crippen MR) is 122 cm³/mol. The van der Waals surface area contributed by atoms with Crippen LogP contribution in [-0.4, -0.2) is 79.6 Å². The number of ether oxygens (including phenoxy) is 1. The topological polar surface area (TPSA) is 73.9 Å². The van der Waals surface area contributed by atoms with Crippen LogP contribution in [0.1, 0.15) is 55.5 Å². The fraction of sp³-hybridized carbons (Fsp3) is 0.667. The summed E-state index contributed by atoms with van der Waals surface area (Å²) >= 11 is 0. The molecule has 1 aromatic carbocycles. The van der Waals surface area contributed by atoms with Crippen LogP contribution in [-0.2, 0) is 16.1 Å². The van der Waals surface area contributed by atoms with Gasteiger partial charge < -0.3 is 20.3 Å². The lowest BCUT2D eigenvalue weighted by Gasteiger charge is -2.38. The molecule has 2 N–H and O–H groups in total. The molecule has 31 heavy (non-hydrogen) atoms. The Morgan fingerprint density at radius 2 is 1.84 bits per heavy atom. The molecule has 1 aromatic rings. The van der Waals surface area contributed by atoms with Gasteiger partial charge in [-0.25, -0.2) is 4.79 Å². The highest BCUT2D eigenvalue weighted by Crippen LogP contribution is 2.27. The maximum Gasteiger partial charge on any atom is 0.337 e. The van der Waals surface area contributed by atoms with Gasteiger partial charge in [0.2, 0.25) is 5.91 Å². The first-order valence-corrected chi connectivity index (χ1v) is 11.7. The SMILES string of the molecule is CCCN1CCC(N2C[C@H](NCc3ccc(C(=O)OC)cc3)C[C@H]2C(=O)NCC)CC1. The third-order valence-corrected chi connectivity index (χ3v) is 6.53. The van der Waals surface area contributed by atoms with E-state index < -0.39 is 0 Å². The van der Waals surface area contributed by atoms with E-state index in [9.17, 15) is 9.59 Å². The number of likely N-dealkylation sites (N-methyl/N-ethyl adjacent to an activating group) is 1. The zero-order chi connectivity index (χ0) is 22.2. The van der Waals surface area contributed by atoms with Crippen LogP contribution in [0.25, 0.3) is 0 Å². The van der Waals surface area contributed by atoms with E-state index in [1.54, 1.807) is 12.1 Å². The van der Waals surface area contributed by atoms with Crippen molar-refractivity contribution in [1.29, 1.82) is 0 Å². The number of methoxy groups -OCH3 is 1. The molecule has 172 valence electrons. The number of amides is 1. The van der Waals surface area contributed by atoms with Gasteiger partial charge in [0, 0.05) is 31.7 Å². The Labute approximate surface area is 186 Å². The molecule has 0 aromatic heterocycles. The number of esters is 1. The first-order valence-electron chi connectivity index (χ1n) is 11.7. The molecule has 2 aliphatic rings. The van der Waals surface area contributed by atoms with Crippen LogP contribution in [0.4, 0.5) is 0 Å². The summed E-state index contributed by atoms with van der Waals surface area (Å²) in [5, 5.41) is 6.68. The molecular weight excluding hydrogens is 392 g/mol. The summed E-state index contributed by atoms with van der Waals surface area (Å²) in [4.78, 5) is 29.4. The molecule has 2 atom stereocenters. The Morgan fingerprint density at radius 3 is 2.45 bits per heavy atom. The number of benzene rings is 1. The van der Waals surface area contributed by atoms with Crippen molar-refractivity contribution in [3.05, 3.63) is 35.4 Å². The van der Waals surface area contributed by atoms with Crippen molar-refractivity contribution in [2.75, 3.05) is 39.8 Å². The van der Waals surface area contributed by atoms with E-state index in [1.165, 1.54) is 20.1 Å². The zero-order valence-electron chi connectivity index (χ0n) is 19.2. The molecule has 7 nitrogen and oxygen atoms in total. The van der Waals surface area contributed by atoms with Gasteiger partial charge in [-0.3, -0.25) is 9.69 Å². The minimum atomic E-state index is -0.319. The first-order chi connectivity index (χ1) is 15.0. The van der Waals surface area contributed by atoms with Crippen LogP contribution in [0, 0.1) is 0 Å². The molecular formula is C24H38N4O3. The number of hydrogen-bond donors (Lipinski definition) is 2. The minimum Gasteiger partial charge on any atom is -0.465 e. The quantitative estimate of drug-likeness (QED) is 0.584. The second-order valence-electron chi connectivity index (χ2n) is 8.68. The van der Waals surface area contributed by atoms with Gasteiger partial charge in [-0.2, -0.15) is 0 Å². The summed E-state index contributed by atoms with van der Waals surface area (Å²) in [5.74, 6) is -0.161. The standard InChI is InChI=1S/C24H38N4O3/c1-4-12-27-13-10-21(11-14-27)28-17-20(15-22(28)23(29)25-5-2)26-16-18-6-8-19(9-7-18)24(30)31-3/h6-9,20-22,26H,4-5,10-17H2,1-3H3,(H,25,29)/t20-,22+/m1/s1. The monoisotopic (exact) mass is 430 g/mol. The van der Waals surface area contributed by atoms with E-state index in [4.69, 9.17) is 4.74 Å². The van der Waals surface area contributed by atoms with Gasteiger partial charge >= 0.3 is 5.97 Å². The number of rotatable bonds is 9. The average molecular weight is 431 g/mol. The van der Waals surface area contributed by atoms with Gasteiger partial charge in [0.1, 0.15) is 0 Å². The highest BCUT2D eigenvalue weighted by Gasteiger charge is 2.40. The lowest BCUT2D eigenvalue weighted by Crippen LogP contribution is -2.51. The maximum atomic E-state index is 12.8. The van der Waals surface area contributed by atoms with Gasteiger partial charge in [0.25, 0.3) is 0 Å². The summed E-state index contributed by atoms with van der Waals surface area (Å²) in [6.07, 6.45) is 4.30. The third-order valence-electron chi connectivity index (χ3n) is 6.53. The van der Waals surface area contributed by atoms with Gasteiger partial charge in [-0.1, -0.05) is 19.1 Å². The summed E-state index contributed by atoms with van der Waals surface area (Å²) in [6.45, 7) is 9.93. The van der Waals surface area contributed by atoms with E-state index in [1.807, 2.05) is 19.1 Å². The molecule has 3 rings (SSSR count). The number of carbonyl (C=O) groups excluding carboxylic acids is 2. The van der Waals surface area contributed by atoms with E-state index in [0.717, 1.165) is 51.0 Å². The van der Waals surface area contributed by atoms with Crippen molar-refractivity contribution in [1.82, 2.24) is 20.4 Å². The Hall–Kier alpha value is -1.96. The molecule has 1 amide bonds. The molecule has 0 radical (unpaired) electrons. The predicted octanol–water partition coefficient (Wildman–Crippen LogP) is 2.02. The third kappa shape index (κ3) is 6.28. The number of likely N-dealkylation sites (tertiary alicyclic amines) is 2. The maximum absolute atomic E-state index is 12.8. The highest BCUT2D eigenvalue weighted by molar-refractivity contribution is 5.89. The van der Waals surface area contributed by atoms with Crippen LogP contribution in [0.2, 0.25) is 0 Å². The minimum absolute atomic E-state index is 0.0538. The van der Waals surface area contributed by atoms with Crippen molar-refractivity contribution in [2.45, 2.75) is 64.2 Å². The molecule has 0 bridgehead atoms. The average Bonchev–Trinajstić information content (AvgIpc) is 3.23. The van der Waals surface area contributed by atoms with Gasteiger partial charge in [0.05, 0.1) is 18.7 Å². The van der Waals surface area contributed by atoms with Crippen molar-refractivity contribution in [3.63, 3.8) is 0 Å². The fourth-order valence-electron chi connectivity index (χ4n) is 4.89. The van der Waals surface area contributed by atoms with Crippen molar-refractivity contribution < 1.29 is 14.3 Å². The van der Waals surface area contributed by atoms with Crippen molar-refractivity contribution in [2.24, 2.45) is 0 Å². The molecule has 0 saturated carbocycles. The zero-order valence-corrected chi connectivity index (χ0v) is 19.2. The number of nitrogens with zero attached hydrogens (tertiary/aromatic N) is 2. The number of nitrogens with one attached hydrogen (secondary N) is 2. The molecule has 2 fully saturated rings. The Morgan fingerprint density at radius 1 is 1.13 bits per heavy atom. The van der Waals surface area contributed by atoms with E-state index in [-0.39, 0.29) is 24.0 Å². The summed E-state index contributed by atoms with van der Waals surface area (Å²) in [6, 6.07) is 8.21. The number of hydrogen-bond acceptors (Lipinski definition) is 6. The Bertz CT molecular complexity index is 716. The van der Waals surface area contributed by atoms with Gasteiger partial charge in [-0.15, -0.1) is 0 Å². The van der Waals surface area contributed by atoms with Crippen LogP contribution >= 0.6 is 0 Å². The fourth-order valence-corrected chi connectivity index (χ4v) is 4.89. The molecule has 7 heteroatoms. The van der Waals surface area contributed by atoms with Crippen LogP contribution in [0.5, 0.6) is 0 Å². The Balaban J connectivity index is 1.58. The van der Waals surface area contributed by atoms with Gasteiger partial charge in [-0.05, 0) is 69.9 Å². The van der Waals surface area contributed by atoms with Crippen molar-refractivity contribution in [3.8, 4) is 0 Å². The van der Waals surface area contributed by atoms with Crippen LogP contribution in [0.3, 0.4) is 0 Å². The summed E-state index contributed by atoms with van der Waals surface area (Å²) < 4.78 is 4.76. The van der Waals surface area contributed by atoms with E-state index >= 15 is 0 Å². The summed E-state index contributed by atoms with van der Waals surface area (Å²) in [5.41, 5.74) is 1.68. The molecule has 2 aliphatic heterocycles. The first kappa shape index (κ1) is 23.7. The molecule has 2 saturated heterocycles. The van der Waals surface area contributed by atoms with E-state index in [0.29, 0.717) is 18.2 Å². The number of piperidine rings is 1. The highest BCUT2D eigenvalue weighted by atomic mass is 16.5. The molecule has 0 unspecified atom stereocenters.